The molecule has 0 atom stereocenters. The molecule has 5 rings (SSSR count). The first-order valence-corrected chi connectivity index (χ1v) is 12.2. The highest BCUT2D eigenvalue weighted by atomic mass is 16.3. The lowest BCUT2D eigenvalue weighted by molar-refractivity contribution is -0.111. The van der Waals surface area contributed by atoms with E-state index >= 15 is 0 Å². The van der Waals surface area contributed by atoms with E-state index in [1.54, 1.807) is 18.4 Å². The Bertz CT molecular complexity index is 1460. The van der Waals surface area contributed by atoms with Gasteiger partial charge in [-0.2, -0.15) is 0 Å². The van der Waals surface area contributed by atoms with Crippen LogP contribution in [0.4, 0.5) is 22.7 Å². The number of rotatable bonds is 6. The van der Waals surface area contributed by atoms with Crippen molar-refractivity contribution >= 4 is 40.9 Å². The number of nitrogens with one attached hydrogen (secondary N) is 1. The van der Waals surface area contributed by atoms with Crippen LogP contribution in [0.5, 0.6) is 11.5 Å². The summed E-state index contributed by atoms with van der Waals surface area (Å²) in [5, 5.41) is 22.0. The van der Waals surface area contributed by atoms with Crippen molar-refractivity contribution in [3.63, 3.8) is 0 Å². The predicted molar refractivity (Wildman–Crippen MR) is 149 cm³/mol. The van der Waals surface area contributed by atoms with Crippen molar-refractivity contribution in [2.75, 3.05) is 16.8 Å². The number of fused-ring (bicyclic) bond motifs is 1. The summed E-state index contributed by atoms with van der Waals surface area (Å²) in [6.07, 6.45) is 7.09. The van der Waals surface area contributed by atoms with Crippen LogP contribution in [0.25, 0.3) is 6.08 Å². The number of nitrogens with zero attached hydrogens (tertiary/aromatic N) is 2. The zero-order valence-electron chi connectivity index (χ0n) is 20.2. The zero-order chi connectivity index (χ0) is 25.6. The second kappa shape index (κ2) is 10.8. The first kappa shape index (κ1) is 23.9. The lowest BCUT2D eigenvalue weighted by Gasteiger charge is -2.31. The Labute approximate surface area is 215 Å². The van der Waals surface area contributed by atoms with E-state index in [-0.39, 0.29) is 17.4 Å². The molecular formula is C31H27N3O3. The Kier molecular flexibility index (Phi) is 6.99. The van der Waals surface area contributed by atoms with Crippen LogP contribution in [0, 0.1) is 0 Å². The number of carbonyl (C=O) groups is 1. The lowest BCUT2D eigenvalue weighted by Crippen LogP contribution is -2.24. The van der Waals surface area contributed by atoms with Crippen LogP contribution in [0.2, 0.25) is 0 Å². The van der Waals surface area contributed by atoms with Gasteiger partial charge in [0.25, 0.3) is 0 Å². The Hall–Kier alpha value is -4.84. The number of phenolic OH excluding ortho intramolecular Hbond substituents is 2. The Morgan fingerprint density at radius 2 is 1.65 bits per heavy atom. The average molecular weight is 490 g/mol. The van der Waals surface area contributed by atoms with Crippen LogP contribution in [-0.2, 0) is 11.2 Å². The quantitative estimate of drug-likeness (QED) is 0.162. The lowest BCUT2D eigenvalue weighted by atomic mass is 9.98. The van der Waals surface area contributed by atoms with E-state index < -0.39 is 0 Å². The van der Waals surface area contributed by atoms with Gasteiger partial charge in [-0.25, -0.2) is 0 Å². The number of aliphatic imine (C=N–C) groups is 1. The van der Waals surface area contributed by atoms with Crippen molar-refractivity contribution in [3.8, 4) is 11.5 Å². The van der Waals surface area contributed by atoms with Gasteiger partial charge in [0.2, 0.25) is 5.91 Å². The van der Waals surface area contributed by atoms with Crippen molar-refractivity contribution in [2.45, 2.75) is 12.8 Å². The maximum Gasteiger partial charge on any atom is 0.248 e. The van der Waals surface area contributed by atoms with Gasteiger partial charge in [0, 0.05) is 35.9 Å². The molecule has 0 unspecified atom stereocenters. The molecule has 0 aliphatic carbocycles. The number of aryl methyl sites for hydroxylation is 1. The van der Waals surface area contributed by atoms with Crippen molar-refractivity contribution < 1.29 is 15.0 Å². The molecule has 6 nitrogen and oxygen atoms in total. The summed E-state index contributed by atoms with van der Waals surface area (Å²) in [7, 11) is 0. The van der Waals surface area contributed by atoms with Crippen LogP contribution in [0.15, 0.2) is 102 Å². The van der Waals surface area contributed by atoms with Gasteiger partial charge in [0.1, 0.15) is 0 Å². The molecule has 184 valence electrons. The summed E-state index contributed by atoms with van der Waals surface area (Å²) in [6, 6.07) is 28.3. The number of anilines is 3. The number of carbonyl (C=O) groups excluding carboxylic acids is 1. The third-order valence-electron chi connectivity index (χ3n) is 6.21. The minimum Gasteiger partial charge on any atom is -0.504 e. The van der Waals surface area contributed by atoms with E-state index in [0.29, 0.717) is 5.56 Å². The summed E-state index contributed by atoms with van der Waals surface area (Å²) in [5.74, 6) is -0.479. The SMILES string of the molecule is O=C(/C=C\c1ccc2c(c1)CCCN2c1ccc(N=Cc2ccc(O)c(O)c2)cc1)Nc1ccccc1. The summed E-state index contributed by atoms with van der Waals surface area (Å²) < 4.78 is 0. The molecule has 1 aliphatic heterocycles. The standard InChI is InChI=1S/C31H27N3O3/c35-29-16-9-23(20-30(29)36)21-32-25-11-13-27(14-12-25)34-18-4-5-24-19-22(8-15-28(24)34)10-17-31(37)33-26-6-2-1-3-7-26/h1-3,6-17,19-21,35-36H,4-5,18H2,(H,33,37)/b17-10-,32-21?. The second-order valence-corrected chi connectivity index (χ2v) is 8.85. The monoisotopic (exact) mass is 489 g/mol. The van der Waals surface area contributed by atoms with Crippen LogP contribution in [-0.4, -0.2) is 28.9 Å². The zero-order valence-corrected chi connectivity index (χ0v) is 20.2. The number of benzene rings is 4. The van der Waals surface area contributed by atoms with Gasteiger partial charge in [-0.3, -0.25) is 9.79 Å². The number of aromatic hydroxyl groups is 2. The number of hydrogen-bond donors (Lipinski definition) is 3. The van der Waals surface area contributed by atoms with Gasteiger partial charge in [-0.15, -0.1) is 0 Å². The number of hydrogen-bond acceptors (Lipinski definition) is 5. The summed E-state index contributed by atoms with van der Waals surface area (Å²) in [5.41, 5.74) is 6.78. The minimum absolute atomic E-state index is 0.153. The topological polar surface area (TPSA) is 85.2 Å². The van der Waals surface area contributed by atoms with Crippen LogP contribution in [0.3, 0.4) is 0 Å². The third-order valence-corrected chi connectivity index (χ3v) is 6.21. The van der Waals surface area contributed by atoms with Crippen LogP contribution >= 0.6 is 0 Å². The van der Waals surface area contributed by atoms with Gasteiger partial charge in [0.15, 0.2) is 11.5 Å². The number of amides is 1. The van der Waals surface area contributed by atoms with E-state index in [0.717, 1.165) is 42.0 Å². The van der Waals surface area contributed by atoms with Crippen molar-refractivity contribution in [3.05, 3.63) is 114 Å². The van der Waals surface area contributed by atoms with E-state index in [1.165, 1.54) is 23.4 Å². The third kappa shape index (κ3) is 5.87. The normalized spacial score (nSPS) is 13.1. The Morgan fingerprint density at radius 1 is 0.865 bits per heavy atom. The summed E-state index contributed by atoms with van der Waals surface area (Å²) >= 11 is 0. The Balaban J connectivity index is 1.27. The second-order valence-electron chi connectivity index (χ2n) is 8.85. The van der Waals surface area contributed by atoms with Crippen molar-refractivity contribution in [2.24, 2.45) is 4.99 Å². The van der Waals surface area contributed by atoms with Gasteiger partial charge >= 0.3 is 0 Å². The Morgan fingerprint density at radius 3 is 2.43 bits per heavy atom. The van der Waals surface area contributed by atoms with E-state index in [9.17, 15) is 15.0 Å². The molecule has 1 aliphatic rings. The minimum atomic E-state index is -0.169. The molecule has 0 aromatic heterocycles. The molecule has 0 radical (unpaired) electrons. The van der Waals surface area contributed by atoms with E-state index in [1.807, 2.05) is 54.6 Å². The number of para-hydroxylation sites is 1. The molecule has 3 N–H and O–H groups in total. The maximum atomic E-state index is 12.3. The van der Waals surface area contributed by atoms with Crippen LogP contribution < -0.4 is 10.2 Å². The van der Waals surface area contributed by atoms with Gasteiger partial charge < -0.3 is 20.4 Å². The highest BCUT2D eigenvalue weighted by Gasteiger charge is 2.18. The molecule has 37 heavy (non-hydrogen) atoms. The fourth-order valence-corrected chi connectivity index (χ4v) is 4.35. The molecule has 0 saturated carbocycles. The molecule has 0 saturated heterocycles. The molecule has 6 heteroatoms. The molecule has 0 bridgehead atoms. The largest absolute Gasteiger partial charge is 0.504 e. The summed E-state index contributed by atoms with van der Waals surface area (Å²) in [6.45, 7) is 0.928. The van der Waals surface area contributed by atoms with Crippen molar-refractivity contribution in [1.29, 1.82) is 0 Å². The predicted octanol–water partition coefficient (Wildman–Crippen LogP) is 6.58. The van der Waals surface area contributed by atoms with E-state index in [2.05, 4.69) is 39.5 Å². The fourth-order valence-electron chi connectivity index (χ4n) is 4.35. The van der Waals surface area contributed by atoms with Gasteiger partial charge in [-0.05, 0) is 102 Å². The first-order valence-electron chi connectivity index (χ1n) is 12.2. The average Bonchev–Trinajstić information content (AvgIpc) is 2.93. The fraction of sp³-hybridized carbons (Fsp3) is 0.0968. The smallest absolute Gasteiger partial charge is 0.248 e. The number of phenols is 2. The highest BCUT2D eigenvalue weighted by molar-refractivity contribution is 6.02. The van der Waals surface area contributed by atoms with Crippen LogP contribution in [0.1, 0.15) is 23.1 Å². The molecule has 0 spiro atoms. The van der Waals surface area contributed by atoms with Gasteiger partial charge in [0.05, 0.1) is 5.69 Å². The highest BCUT2D eigenvalue weighted by Crippen LogP contribution is 2.35. The van der Waals surface area contributed by atoms with Crippen molar-refractivity contribution in [1.82, 2.24) is 0 Å². The molecule has 1 amide bonds. The molecule has 0 fully saturated rings. The molecule has 4 aromatic carbocycles. The maximum absolute atomic E-state index is 12.3. The van der Waals surface area contributed by atoms with Gasteiger partial charge in [-0.1, -0.05) is 24.3 Å². The molecule has 1 heterocycles. The molecule has 4 aromatic rings. The molecular weight excluding hydrogens is 462 g/mol. The van der Waals surface area contributed by atoms with E-state index in [4.69, 9.17) is 0 Å². The first-order chi connectivity index (χ1) is 18.0. The summed E-state index contributed by atoms with van der Waals surface area (Å²) in [4.78, 5) is 19.0.